The number of carbonyl (C=O) groups excluding carboxylic acids is 1. The highest BCUT2D eigenvalue weighted by molar-refractivity contribution is 5.74. The Morgan fingerprint density at radius 2 is 2.21 bits per heavy atom. The summed E-state index contributed by atoms with van der Waals surface area (Å²) in [5.74, 6) is 0.454. The van der Waals surface area contributed by atoms with Crippen molar-refractivity contribution in [3.63, 3.8) is 0 Å². The molecule has 2 aliphatic rings. The van der Waals surface area contributed by atoms with Gasteiger partial charge in [0, 0.05) is 26.7 Å². The van der Waals surface area contributed by atoms with Crippen molar-refractivity contribution in [2.24, 2.45) is 5.92 Å². The largest absolute Gasteiger partial charge is 0.391 e. The normalized spacial score (nSPS) is 25.4. The van der Waals surface area contributed by atoms with E-state index < -0.39 is 0 Å². The van der Waals surface area contributed by atoms with Gasteiger partial charge < -0.3 is 14.9 Å². The smallest absolute Gasteiger partial charge is 0.319 e. The molecule has 0 aromatic heterocycles. The Morgan fingerprint density at radius 3 is 2.86 bits per heavy atom. The summed E-state index contributed by atoms with van der Waals surface area (Å²) in [5, 5.41) is 9.73. The van der Waals surface area contributed by atoms with Crippen LogP contribution in [-0.2, 0) is 0 Å². The minimum absolute atomic E-state index is 0.0657. The molecule has 4 heteroatoms. The number of carbonyl (C=O) groups is 1. The van der Waals surface area contributed by atoms with Crippen LogP contribution < -0.4 is 0 Å². The standard InChI is InChI=1S/C10H18N2O2/c1-11-5-2-6-12(10(11)14)7-9(13)8-3-4-8/h8-9,13H,2-7H2,1H3. The Kier molecular flexibility index (Phi) is 2.63. The van der Waals surface area contributed by atoms with E-state index >= 15 is 0 Å². The molecule has 0 aromatic carbocycles. The molecule has 80 valence electrons. The van der Waals surface area contributed by atoms with E-state index in [0.717, 1.165) is 32.4 Å². The Balaban J connectivity index is 1.86. The summed E-state index contributed by atoms with van der Waals surface area (Å²) in [6.45, 7) is 2.16. The minimum Gasteiger partial charge on any atom is -0.391 e. The second kappa shape index (κ2) is 3.77. The number of urea groups is 1. The summed E-state index contributed by atoms with van der Waals surface area (Å²) >= 11 is 0. The van der Waals surface area contributed by atoms with Crippen LogP contribution in [0.3, 0.4) is 0 Å². The minimum atomic E-state index is -0.301. The molecule has 0 radical (unpaired) electrons. The SMILES string of the molecule is CN1CCCN(CC(O)C2CC2)C1=O. The van der Waals surface area contributed by atoms with Crippen LogP contribution in [-0.4, -0.2) is 53.7 Å². The summed E-state index contributed by atoms with van der Waals surface area (Å²) in [7, 11) is 1.82. The maximum Gasteiger partial charge on any atom is 0.319 e. The molecule has 1 N–H and O–H groups in total. The van der Waals surface area contributed by atoms with Crippen molar-refractivity contribution >= 4 is 6.03 Å². The fraction of sp³-hybridized carbons (Fsp3) is 0.900. The van der Waals surface area contributed by atoms with Gasteiger partial charge in [0.05, 0.1) is 6.10 Å². The number of nitrogens with zero attached hydrogens (tertiary/aromatic N) is 2. The van der Waals surface area contributed by atoms with Gasteiger partial charge in [0.15, 0.2) is 0 Å². The van der Waals surface area contributed by atoms with E-state index in [2.05, 4.69) is 0 Å². The average molecular weight is 198 g/mol. The van der Waals surface area contributed by atoms with Gasteiger partial charge in [-0.2, -0.15) is 0 Å². The van der Waals surface area contributed by atoms with Crippen LogP contribution in [0.1, 0.15) is 19.3 Å². The van der Waals surface area contributed by atoms with Gasteiger partial charge in [0.2, 0.25) is 0 Å². The molecule has 2 amide bonds. The second-order valence-electron chi connectivity index (χ2n) is 4.41. The Morgan fingerprint density at radius 1 is 1.50 bits per heavy atom. The summed E-state index contributed by atoms with van der Waals surface area (Å²) in [6.07, 6.45) is 2.96. The highest BCUT2D eigenvalue weighted by Crippen LogP contribution is 2.33. The first-order chi connectivity index (χ1) is 6.68. The lowest BCUT2D eigenvalue weighted by Crippen LogP contribution is -2.50. The van der Waals surface area contributed by atoms with Gasteiger partial charge in [0.1, 0.15) is 0 Å². The summed E-state index contributed by atoms with van der Waals surface area (Å²) < 4.78 is 0. The molecule has 1 heterocycles. The third kappa shape index (κ3) is 2.00. The number of hydrogen-bond acceptors (Lipinski definition) is 2. The topological polar surface area (TPSA) is 43.8 Å². The van der Waals surface area contributed by atoms with E-state index in [4.69, 9.17) is 0 Å². The van der Waals surface area contributed by atoms with E-state index in [-0.39, 0.29) is 12.1 Å². The van der Waals surface area contributed by atoms with Crippen LogP contribution in [0.25, 0.3) is 0 Å². The number of hydrogen-bond donors (Lipinski definition) is 1. The Bertz CT molecular complexity index is 228. The average Bonchev–Trinajstić information content (AvgIpc) is 2.95. The van der Waals surface area contributed by atoms with Crippen molar-refractivity contribution in [3.05, 3.63) is 0 Å². The predicted molar refractivity (Wildman–Crippen MR) is 52.9 cm³/mol. The van der Waals surface area contributed by atoms with E-state index in [1.807, 2.05) is 7.05 Å². The molecule has 1 aliphatic heterocycles. The number of β-amino-alcohol motifs (C(OH)–C–C–N with tert-alkyl or cyclic N) is 1. The zero-order valence-corrected chi connectivity index (χ0v) is 8.65. The number of rotatable bonds is 3. The van der Waals surface area contributed by atoms with Crippen LogP contribution in [0.4, 0.5) is 4.79 Å². The van der Waals surface area contributed by atoms with Crippen LogP contribution in [0, 0.1) is 5.92 Å². The lowest BCUT2D eigenvalue weighted by molar-refractivity contribution is 0.0814. The molecule has 1 saturated heterocycles. The molecule has 14 heavy (non-hydrogen) atoms. The molecule has 1 saturated carbocycles. The third-order valence-corrected chi connectivity index (χ3v) is 3.09. The van der Waals surface area contributed by atoms with Crippen LogP contribution in [0.5, 0.6) is 0 Å². The Hall–Kier alpha value is -0.770. The van der Waals surface area contributed by atoms with Gasteiger partial charge in [-0.25, -0.2) is 4.79 Å². The van der Waals surface area contributed by atoms with Crippen LogP contribution in [0.2, 0.25) is 0 Å². The lowest BCUT2D eigenvalue weighted by atomic mass is 10.2. The van der Waals surface area contributed by atoms with E-state index in [1.54, 1.807) is 9.80 Å². The van der Waals surface area contributed by atoms with Gasteiger partial charge in [-0.05, 0) is 25.2 Å². The van der Waals surface area contributed by atoms with Crippen molar-refractivity contribution < 1.29 is 9.90 Å². The van der Waals surface area contributed by atoms with Crippen molar-refractivity contribution in [1.82, 2.24) is 9.80 Å². The number of amides is 2. The first-order valence-corrected chi connectivity index (χ1v) is 5.36. The first kappa shape index (κ1) is 9.77. The van der Waals surface area contributed by atoms with E-state index in [0.29, 0.717) is 12.5 Å². The molecule has 0 spiro atoms. The van der Waals surface area contributed by atoms with Crippen molar-refractivity contribution in [2.75, 3.05) is 26.7 Å². The molecule has 2 rings (SSSR count). The lowest BCUT2D eigenvalue weighted by Gasteiger charge is -2.34. The highest BCUT2D eigenvalue weighted by atomic mass is 16.3. The highest BCUT2D eigenvalue weighted by Gasteiger charge is 2.33. The van der Waals surface area contributed by atoms with E-state index in [9.17, 15) is 9.90 Å². The summed E-state index contributed by atoms with van der Waals surface area (Å²) in [5.41, 5.74) is 0. The summed E-state index contributed by atoms with van der Waals surface area (Å²) in [4.78, 5) is 15.1. The fourth-order valence-electron chi connectivity index (χ4n) is 1.96. The van der Waals surface area contributed by atoms with Crippen LogP contribution >= 0.6 is 0 Å². The Labute approximate surface area is 84.5 Å². The first-order valence-electron chi connectivity index (χ1n) is 5.36. The third-order valence-electron chi connectivity index (χ3n) is 3.09. The van der Waals surface area contributed by atoms with Gasteiger partial charge in [-0.3, -0.25) is 0 Å². The van der Waals surface area contributed by atoms with E-state index in [1.165, 1.54) is 0 Å². The van der Waals surface area contributed by atoms with Gasteiger partial charge in [0.25, 0.3) is 0 Å². The molecule has 1 atom stereocenters. The van der Waals surface area contributed by atoms with Crippen molar-refractivity contribution in [3.8, 4) is 0 Å². The van der Waals surface area contributed by atoms with Crippen LogP contribution in [0.15, 0.2) is 0 Å². The molecular weight excluding hydrogens is 180 g/mol. The molecule has 1 aliphatic carbocycles. The van der Waals surface area contributed by atoms with Gasteiger partial charge >= 0.3 is 6.03 Å². The molecule has 4 nitrogen and oxygen atoms in total. The molecular formula is C10H18N2O2. The number of aliphatic hydroxyl groups is 1. The molecule has 0 aromatic rings. The molecule has 1 unspecified atom stereocenters. The quantitative estimate of drug-likeness (QED) is 0.718. The summed E-state index contributed by atoms with van der Waals surface area (Å²) in [6, 6.07) is 0.0657. The zero-order valence-electron chi connectivity index (χ0n) is 8.65. The fourth-order valence-corrected chi connectivity index (χ4v) is 1.96. The van der Waals surface area contributed by atoms with Crippen molar-refractivity contribution in [2.45, 2.75) is 25.4 Å². The van der Waals surface area contributed by atoms with Gasteiger partial charge in [-0.1, -0.05) is 0 Å². The maximum absolute atomic E-state index is 11.6. The monoisotopic (exact) mass is 198 g/mol. The van der Waals surface area contributed by atoms with Crippen molar-refractivity contribution in [1.29, 1.82) is 0 Å². The number of aliphatic hydroxyl groups excluding tert-OH is 1. The zero-order chi connectivity index (χ0) is 10.1. The van der Waals surface area contributed by atoms with Gasteiger partial charge in [-0.15, -0.1) is 0 Å². The molecule has 2 fully saturated rings. The molecule has 0 bridgehead atoms. The predicted octanol–water partition coefficient (Wildman–Crippen LogP) is 0.515. The second-order valence-corrected chi connectivity index (χ2v) is 4.41. The maximum atomic E-state index is 11.6.